The van der Waals surface area contributed by atoms with E-state index < -0.39 is 10.0 Å². The molecule has 0 amide bonds. The number of benzene rings is 1. The third-order valence-electron chi connectivity index (χ3n) is 3.02. The van der Waals surface area contributed by atoms with E-state index in [2.05, 4.69) is 20.2 Å². The van der Waals surface area contributed by atoms with Crippen molar-refractivity contribution in [2.45, 2.75) is 25.0 Å². The summed E-state index contributed by atoms with van der Waals surface area (Å²) < 4.78 is 39.8. The van der Waals surface area contributed by atoms with E-state index in [-0.39, 0.29) is 17.4 Å². The van der Waals surface area contributed by atoms with Crippen molar-refractivity contribution in [1.29, 1.82) is 0 Å². The van der Waals surface area contributed by atoms with Crippen molar-refractivity contribution in [2.24, 2.45) is 0 Å². The summed E-state index contributed by atoms with van der Waals surface area (Å²) in [5, 5.41) is 9.42. The Hall–Kier alpha value is -1.77. The summed E-state index contributed by atoms with van der Waals surface area (Å²) in [7, 11) is -2.00. The lowest BCUT2D eigenvalue weighted by atomic mass is 10.2. The lowest BCUT2D eigenvalue weighted by Gasteiger charge is -2.07. The van der Waals surface area contributed by atoms with Crippen LogP contribution in [0.1, 0.15) is 16.8 Å². The Morgan fingerprint density at radius 2 is 1.90 bits per heavy atom. The van der Waals surface area contributed by atoms with Gasteiger partial charge in [0, 0.05) is 24.3 Å². The normalized spacial score (nSPS) is 11.8. The Bertz CT molecular complexity index is 710. The molecule has 0 unspecified atom stereocenters. The predicted molar refractivity (Wildman–Crippen MR) is 76.5 cm³/mol. The molecule has 0 aliphatic heterocycles. The molecule has 2 aromatic rings. The van der Waals surface area contributed by atoms with Crippen LogP contribution in [0.2, 0.25) is 0 Å². The first-order chi connectivity index (χ1) is 9.94. The molecule has 0 saturated carbocycles. The second-order valence-corrected chi connectivity index (χ2v) is 6.30. The molecule has 0 atom stereocenters. The van der Waals surface area contributed by atoms with E-state index in [1.54, 1.807) is 14.0 Å². The van der Waals surface area contributed by atoms with Crippen molar-refractivity contribution >= 4 is 10.0 Å². The van der Waals surface area contributed by atoms with Crippen LogP contribution < -0.4 is 10.0 Å². The third-order valence-corrected chi connectivity index (χ3v) is 4.39. The standard InChI is InChI=1S/C13H17FN4O2S/c1-9-12(8-15-2)13(18-17-9)21(19,20)16-7-10-3-5-11(14)6-4-10/h3-6,15-16H,7-8H2,1-2H3,(H,17,18). The van der Waals surface area contributed by atoms with Crippen molar-refractivity contribution in [3.8, 4) is 0 Å². The van der Waals surface area contributed by atoms with Crippen LogP contribution >= 0.6 is 0 Å². The average Bonchev–Trinajstić information content (AvgIpc) is 2.81. The van der Waals surface area contributed by atoms with Gasteiger partial charge in [0.1, 0.15) is 5.82 Å². The molecule has 1 aromatic heterocycles. The van der Waals surface area contributed by atoms with Gasteiger partial charge in [-0.3, -0.25) is 5.10 Å². The minimum Gasteiger partial charge on any atom is -0.316 e. The third kappa shape index (κ3) is 3.66. The molecule has 8 heteroatoms. The monoisotopic (exact) mass is 312 g/mol. The molecule has 1 heterocycles. The van der Waals surface area contributed by atoms with Crippen LogP contribution in [0.25, 0.3) is 0 Å². The van der Waals surface area contributed by atoms with Crippen LogP contribution in [0.15, 0.2) is 29.3 Å². The van der Waals surface area contributed by atoms with Gasteiger partial charge in [0.25, 0.3) is 10.0 Å². The van der Waals surface area contributed by atoms with Gasteiger partial charge in [-0.2, -0.15) is 5.10 Å². The van der Waals surface area contributed by atoms with Gasteiger partial charge < -0.3 is 5.32 Å². The number of aromatic nitrogens is 2. The molecule has 0 saturated heterocycles. The topological polar surface area (TPSA) is 86.9 Å². The average molecular weight is 312 g/mol. The maximum absolute atomic E-state index is 12.8. The first-order valence-electron chi connectivity index (χ1n) is 6.36. The van der Waals surface area contributed by atoms with Crippen molar-refractivity contribution < 1.29 is 12.8 Å². The molecular formula is C13H17FN4O2S. The summed E-state index contributed by atoms with van der Waals surface area (Å²) in [6, 6.07) is 5.63. The Balaban J connectivity index is 2.17. The Kier molecular flexibility index (Phi) is 4.71. The minimum absolute atomic E-state index is 0.0172. The number of nitrogens with zero attached hydrogens (tertiary/aromatic N) is 1. The summed E-state index contributed by atoms with van der Waals surface area (Å²) in [6.07, 6.45) is 0. The fourth-order valence-electron chi connectivity index (χ4n) is 1.89. The molecule has 0 spiro atoms. The number of nitrogens with one attached hydrogen (secondary N) is 3. The Morgan fingerprint density at radius 1 is 1.24 bits per heavy atom. The summed E-state index contributed by atoms with van der Waals surface area (Å²) >= 11 is 0. The highest BCUT2D eigenvalue weighted by Crippen LogP contribution is 2.16. The van der Waals surface area contributed by atoms with Gasteiger partial charge in [-0.15, -0.1) is 0 Å². The van der Waals surface area contributed by atoms with E-state index in [1.165, 1.54) is 24.3 Å². The van der Waals surface area contributed by atoms with E-state index in [4.69, 9.17) is 0 Å². The number of H-pyrrole nitrogens is 1. The molecule has 21 heavy (non-hydrogen) atoms. The van der Waals surface area contributed by atoms with Gasteiger partial charge in [-0.05, 0) is 31.7 Å². The van der Waals surface area contributed by atoms with E-state index in [0.29, 0.717) is 23.4 Å². The fraction of sp³-hybridized carbons (Fsp3) is 0.308. The first kappa shape index (κ1) is 15.6. The molecule has 6 nitrogen and oxygen atoms in total. The van der Waals surface area contributed by atoms with E-state index in [9.17, 15) is 12.8 Å². The number of aryl methyl sites for hydroxylation is 1. The lowest BCUT2D eigenvalue weighted by Crippen LogP contribution is -2.25. The van der Waals surface area contributed by atoms with Crippen LogP contribution in [-0.4, -0.2) is 25.7 Å². The highest BCUT2D eigenvalue weighted by Gasteiger charge is 2.23. The number of sulfonamides is 1. The lowest BCUT2D eigenvalue weighted by molar-refractivity contribution is 0.574. The molecule has 0 fully saturated rings. The van der Waals surface area contributed by atoms with Gasteiger partial charge in [0.05, 0.1) is 0 Å². The molecule has 2 rings (SSSR count). The highest BCUT2D eigenvalue weighted by atomic mass is 32.2. The maximum atomic E-state index is 12.8. The predicted octanol–water partition coefficient (Wildman–Crippen LogP) is 1.06. The van der Waals surface area contributed by atoms with Crippen LogP contribution in [0, 0.1) is 12.7 Å². The zero-order valence-electron chi connectivity index (χ0n) is 11.8. The second-order valence-electron chi connectivity index (χ2n) is 4.61. The summed E-state index contributed by atoms with van der Waals surface area (Å²) in [6.45, 7) is 2.24. The van der Waals surface area contributed by atoms with Crippen molar-refractivity contribution in [1.82, 2.24) is 20.2 Å². The zero-order chi connectivity index (χ0) is 15.5. The number of aromatic amines is 1. The van der Waals surface area contributed by atoms with Crippen LogP contribution in [0.4, 0.5) is 4.39 Å². The van der Waals surface area contributed by atoms with Crippen LogP contribution in [0.5, 0.6) is 0 Å². The highest BCUT2D eigenvalue weighted by molar-refractivity contribution is 7.89. The van der Waals surface area contributed by atoms with Gasteiger partial charge >= 0.3 is 0 Å². The number of hydrogen-bond donors (Lipinski definition) is 3. The Labute approximate surface area is 122 Å². The van der Waals surface area contributed by atoms with E-state index in [1.807, 2.05) is 0 Å². The van der Waals surface area contributed by atoms with E-state index >= 15 is 0 Å². The number of halogens is 1. The SMILES string of the molecule is CNCc1c(S(=O)(=O)NCc2ccc(F)cc2)n[nH]c1C. The van der Waals surface area contributed by atoms with Crippen LogP contribution in [0.3, 0.4) is 0 Å². The quantitative estimate of drug-likeness (QED) is 0.744. The van der Waals surface area contributed by atoms with Gasteiger partial charge in [-0.1, -0.05) is 12.1 Å². The maximum Gasteiger partial charge on any atom is 0.260 e. The van der Waals surface area contributed by atoms with Crippen molar-refractivity contribution in [3.05, 3.63) is 46.9 Å². The van der Waals surface area contributed by atoms with Crippen LogP contribution in [-0.2, 0) is 23.1 Å². The molecule has 1 aromatic carbocycles. The van der Waals surface area contributed by atoms with Gasteiger partial charge in [0.15, 0.2) is 5.03 Å². The molecular weight excluding hydrogens is 295 g/mol. The number of hydrogen-bond acceptors (Lipinski definition) is 4. The fourth-order valence-corrected chi connectivity index (χ4v) is 3.10. The molecule has 0 bridgehead atoms. The Morgan fingerprint density at radius 3 is 2.52 bits per heavy atom. The molecule has 0 aliphatic rings. The molecule has 3 N–H and O–H groups in total. The van der Waals surface area contributed by atoms with Crippen molar-refractivity contribution in [2.75, 3.05) is 7.05 Å². The summed E-state index contributed by atoms with van der Waals surface area (Å²) in [5.41, 5.74) is 1.97. The summed E-state index contributed by atoms with van der Waals surface area (Å²) in [4.78, 5) is 0. The first-order valence-corrected chi connectivity index (χ1v) is 7.85. The van der Waals surface area contributed by atoms with Gasteiger partial charge in [0.2, 0.25) is 0 Å². The minimum atomic E-state index is -3.73. The smallest absolute Gasteiger partial charge is 0.260 e. The van der Waals surface area contributed by atoms with E-state index in [0.717, 1.165) is 0 Å². The van der Waals surface area contributed by atoms with Crippen molar-refractivity contribution in [3.63, 3.8) is 0 Å². The largest absolute Gasteiger partial charge is 0.316 e. The number of rotatable bonds is 6. The molecule has 0 radical (unpaired) electrons. The summed E-state index contributed by atoms with van der Waals surface area (Å²) in [5.74, 6) is -0.360. The van der Waals surface area contributed by atoms with Gasteiger partial charge in [-0.25, -0.2) is 17.5 Å². The molecule has 0 aliphatic carbocycles. The zero-order valence-corrected chi connectivity index (χ0v) is 12.6. The molecule has 114 valence electrons. The second kappa shape index (κ2) is 6.33.